The summed E-state index contributed by atoms with van der Waals surface area (Å²) in [6.07, 6.45) is 0.153. The van der Waals surface area contributed by atoms with Crippen LogP contribution in [0.3, 0.4) is 0 Å². The zero-order chi connectivity index (χ0) is 12.7. The Bertz CT molecular complexity index is 398. The zero-order valence-corrected chi connectivity index (χ0v) is 10.1. The first kappa shape index (κ1) is 13.3. The molecule has 1 atom stereocenters. The highest BCUT2D eigenvalue weighted by Crippen LogP contribution is 2.28. The molecule has 1 N–H and O–H groups in total. The van der Waals surface area contributed by atoms with Crippen LogP contribution in [0.5, 0.6) is 11.5 Å². The number of nitrogens with zero attached hydrogens (tertiary/aromatic N) is 1. The van der Waals surface area contributed by atoms with Crippen molar-refractivity contribution in [1.29, 1.82) is 5.26 Å². The van der Waals surface area contributed by atoms with Gasteiger partial charge in [-0.05, 0) is 25.5 Å². The third kappa shape index (κ3) is 3.97. The average Bonchev–Trinajstić information content (AvgIpc) is 2.37. The highest BCUT2D eigenvalue weighted by Gasteiger charge is 2.08. The van der Waals surface area contributed by atoms with E-state index in [1.54, 1.807) is 18.2 Å². The van der Waals surface area contributed by atoms with Gasteiger partial charge in [-0.2, -0.15) is 5.26 Å². The van der Waals surface area contributed by atoms with Crippen LogP contribution < -0.4 is 9.47 Å². The van der Waals surface area contributed by atoms with Gasteiger partial charge in [0.15, 0.2) is 11.5 Å². The Labute approximate surface area is 101 Å². The van der Waals surface area contributed by atoms with Gasteiger partial charge in [-0.25, -0.2) is 0 Å². The monoisotopic (exact) mass is 235 g/mol. The van der Waals surface area contributed by atoms with E-state index in [2.05, 4.69) is 0 Å². The van der Waals surface area contributed by atoms with Crippen molar-refractivity contribution >= 4 is 0 Å². The Morgan fingerprint density at radius 3 is 2.65 bits per heavy atom. The van der Waals surface area contributed by atoms with Crippen LogP contribution in [0.4, 0.5) is 0 Å². The standard InChI is InChI=1S/C13H17NO3/c1-3-11(15)9-17-12-6-5-10(8-14)7-13(12)16-4-2/h5-7,11,15H,3-4,9H2,1-2H3. The molecule has 0 bridgehead atoms. The lowest BCUT2D eigenvalue weighted by molar-refractivity contribution is 0.102. The first-order valence-corrected chi connectivity index (χ1v) is 5.69. The molecule has 4 heteroatoms. The van der Waals surface area contributed by atoms with Crippen LogP contribution >= 0.6 is 0 Å². The summed E-state index contributed by atoms with van der Waals surface area (Å²) in [6.45, 7) is 4.48. The van der Waals surface area contributed by atoms with Crippen molar-refractivity contribution in [2.24, 2.45) is 0 Å². The molecule has 0 aliphatic carbocycles. The SMILES string of the molecule is CCOc1cc(C#N)ccc1OCC(O)CC. The first-order valence-electron chi connectivity index (χ1n) is 5.69. The van der Waals surface area contributed by atoms with Crippen LogP contribution in [0.2, 0.25) is 0 Å². The maximum absolute atomic E-state index is 9.42. The van der Waals surface area contributed by atoms with Gasteiger partial charge in [0.2, 0.25) is 0 Å². The fourth-order valence-corrected chi connectivity index (χ4v) is 1.27. The molecule has 0 aliphatic rings. The minimum absolute atomic E-state index is 0.225. The van der Waals surface area contributed by atoms with E-state index in [1.807, 2.05) is 19.9 Å². The Hall–Kier alpha value is -1.73. The molecule has 17 heavy (non-hydrogen) atoms. The van der Waals surface area contributed by atoms with Crippen molar-refractivity contribution in [3.05, 3.63) is 23.8 Å². The van der Waals surface area contributed by atoms with Crippen LogP contribution in [0.25, 0.3) is 0 Å². The van der Waals surface area contributed by atoms with Crippen LogP contribution in [-0.2, 0) is 0 Å². The van der Waals surface area contributed by atoms with E-state index >= 15 is 0 Å². The van der Waals surface area contributed by atoms with E-state index in [-0.39, 0.29) is 6.61 Å². The molecule has 0 saturated heterocycles. The fraction of sp³-hybridized carbons (Fsp3) is 0.462. The number of hydrogen-bond donors (Lipinski definition) is 1. The normalized spacial score (nSPS) is 11.6. The third-order valence-corrected chi connectivity index (χ3v) is 2.28. The topological polar surface area (TPSA) is 62.5 Å². The lowest BCUT2D eigenvalue weighted by atomic mass is 10.2. The van der Waals surface area contributed by atoms with E-state index in [9.17, 15) is 5.11 Å². The zero-order valence-electron chi connectivity index (χ0n) is 10.1. The molecule has 0 fully saturated rings. The molecule has 0 amide bonds. The van der Waals surface area contributed by atoms with Gasteiger partial charge in [0, 0.05) is 6.07 Å². The molecule has 1 rings (SSSR count). The number of aliphatic hydroxyl groups is 1. The van der Waals surface area contributed by atoms with E-state index in [0.717, 1.165) is 0 Å². The number of aliphatic hydroxyl groups excluding tert-OH is 1. The molecule has 0 saturated carbocycles. The van der Waals surface area contributed by atoms with Crippen LogP contribution in [0.1, 0.15) is 25.8 Å². The molecule has 92 valence electrons. The predicted molar refractivity (Wildman–Crippen MR) is 64.1 cm³/mol. The second kappa shape index (κ2) is 6.77. The third-order valence-electron chi connectivity index (χ3n) is 2.28. The van der Waals surface area contributed by atoms with Gasteiger partial charge < -0.3 is 14.6 Å². The summed E-state index contributed by atoms with van der Waals surface area (Å²) in [5.41, 5.74) is 0.525. The summed E-state index contributed by atoms with van der Waals surface area (Å²) >= 11 is 0. The maximum atomic E-state index is 9.42. The molecule has 0 spiro atoms. The van der Waals surface area contributed by atoms with Gasteiger partial charge in [-0.3, -0.25) is 0 Å². The fourth-order valence-electron chi connectivity index (χ4n) is 1.27. The van der Waals surface area contributed by atoms with Gasteiger partial charge >= 0.3 is 0 Å². The predicted octanol–water partition coefficient (Wildman–Crippen LogP) is 2.11. The van der Waals surface area contributed by atoms with Gasteiger partial charge in [0.25, 0.3) is 0 Å². The molecule has 1 unspecified atom stereocenters. The van der Waals surface area contributed by atoms with E-state index in [1.165, 1.54) is 0 Å². The summed E-state index contributed by atoms with van der Waals surface area (Å²) in [6, 6.07) is 7.03. The second-order valence-corrected chi connectivity index (χ2v) is 3.58. The largest absolute Gasteiger partial charge is 0.490 e. The van der Waals surface area contributed by atoms with Gasteiger partial charge in [0.05, 0.1) is 24.3 Å². The van der Waals surface area contributed by atoms with Crippen molar-refractivity contribution in [3.8, 4) is 17.6 Å². The number of rotatable bonds is 6. The maximum Gasteiger partial charge on any atom is 0.162 e. The summed E-state index contributed by atoms with van der Waals surface area (Å²) < 4.78 is 10.8. The van der Waals surface area contributed by atoms with Crippen LogP contribution in [0.15, 0.2) is 18.2 Å². The molecule has 1 aromatic carbocycles. The first-order chi connectivity index (χ1) is 8.21. The molecule has 0 aromatic heterocycles. The van der Waals surface area contributed by atoms with Crippen LogP contribution in [-0.4, -0.2) is 24.4 Å². The molecular weight excluding hydrogens is 218 g/mol. The molecule has 0 heterocycles. The lowest BCUT2D eigenvalue weighted by Crippen LogP contribution is -2.16. The van der Waals surface area contributed by atoms with E-state index in [4.69, 9.17) is 14.7 Å². The quantitative estimate of drug-likeness (QED) is 0.820. The van der Waals surface area contributed by atoms with Gasteiger partial charge in [-0.1, -0.05) is 6.92 Å². The molecular formula is C13H17NO3. The summed E-state index contributed by atoms with van der Waals surface area (Å²) in [7, 11) is 0. The van der Waals surface area contributed by atoms with Crippen molar-refractivity contribution in [3.63, 3.8) is 0 Å². The summed E-state index contributed by atoms with van der Waals surface area (Å²) in [5, 5.41) is 18.2. The van der Waals surface area contributed by atoms with Gasteiger partial charge in [-0.15, -0.1) is 0 Å². The minimum atomic E-state index is -0.486. The molecule has 0 aliphatic heterocycles. The van der Waals surface area contributed by atoms with E-state index < -0.39 is 6.10 Å². The number of hydrogen-bond acceptors (Lipinski definition) is 4. The number of ether oxygens (including phenoxy) is 2. The van der Waals surface area contributed by atoms with Crippen molar-refractivity contribution in [1.82, 2.24) is 0 Å². The number of benzene rings is 1. The molecule has 4 nitrogen and oxygen atoms in total. The van der Waals surface area contributed by atoms with Crippen molar-refractivity contribution in [2.45, 2.75) is 26.4 Å². The Balaban J connectivity index is 2.79. The molecule has 1 aromatic rings. The minimum Gasteiger partial charge on any atom is -0.490 e. The van der Waals surface area contributed by atoms with Crippen molar-refractivity contribution < 1.29 is 14.6 Å². The smallest absolute Gasteiger partial charge is 0.162 e. The Morgan fingerprint density at radius 2 is 2.06 bits per heavy atom. The average molecular weight is 235 g/mol. The Kier molecular flexibility index (Phi) is 5.31. The number of nitriles is 1. The summed E-state index contributed by atoms with van der Waals surface area (Å²) in [5.74, 6) is 1.09. The van der Waals surface area contributed by atoms with Crippen molar-refractivity contribution in [2.75, 3.05) is 13.2 Å². The van der Waals surface area contributed by atoms with Crippen LogP contribution in [0, 0.1) is 11.3 Å². The highest BCUT2D eigenvalue weighted by molar-refractivity contribution is 5.46. The van der Waals surface area contributed by atoms with Gasteiger partial charge in [0.1, 0.15) is 6.61 Å². The summed E-state index contributed by atoms with van der Waals surface area (Å²) in [4.78, 5) is 0. The second-order valence-electron chi connectivity index (χ2n) is 3.58. The lowest BCUT2D eigenvalue weighted by Gasteiger charge is -2.14. The Morgan fingerprint density at radius 1 is 1.29 bits per heavy atom. The van der Waals surface area contributed by atoms with E-state index in [0.29, 0.717) is 30.1 Å². The molecule has 0 radical (unpaired) electrons. The highest BCUT2D eigenvalue weighted by atomic mass is 16.5.